The second-order valence-electron chi connectivity index (χ2n) is 6.25. The maximum atomic E-state index is 12.7. The molecule has 0 aromatic rings. The molecule has 1 saturated heterocycles. The molecule has 1 unspecified atom stereocenters. The summed E-state index contributed by atoms with van der Waals surface area (Å²) in [5.74, 6) is -0.860. The molecule has 2 fully saturated rings. The standard InChI is InChI=1S/C15H23ClF3NO/c16-9-8-13-3-1-2-10-20(13)14(21)11-4-6-12(7-5-11)15(17,18)19/h11-13H,1-10H2. The van der Waals surface area contributed by atoms with Crippen LogP contribution in [0.25, 0.3) is 0 Å². The van der Waals surface area contributed by atoms with E-state index >= 15 is 0 Å². The number of piperidine rings is 1. The van der Waals surface area contributed by atoms with Crippen LogP contribution in [-0.4, -0.2) is 35.4 Å². The number of hydrogen-bond acceptors (Lipinski definition) is 1. The normalized spacial score (nSPS) is 31.2. The summed E-state index contributed by atoms with van der Waals surface area (Å²) in [6.07, 6.45) is 0.651. The van der Waals surface area contributed by atoms with Gasteiger partial charge in [0.1, 0.15) is 0 Å². The van der Waals surface area contributed by atoms with Gasteiger partial charge >= 0.3 is 6.18 Å². The van der Waals surface area contributed by atoms with Gasteiger partial charge in [-0.25, -0.2) is 0 Å². The molecule has 0 spiro atoms. The predicted octanol–water partition coefficient (Wildman–Crippen LogP) is 4.37. The van der Waals surface area contributed by atoms with E-state index in [-0.39, 0.29) is 30.7 Å². The minimum Gasteiger partial charge on any atom is -0.339 e. The molecule has 1 aliphatic carbocycles. The third-order valence-electron chi connectivity index (χ3n) is 4.89. The molecule has 2 rings (SSSR count). The number of hydrogen-bond donors (Lipinski definition) is 0. The number of nitrogens with zero attached hydrogens (tertiary/aromatic N) is 1. The SMILES string of the molecule is O=C(C1CCC(C(F)(F)F)CC1)N1CCCCC1CCCl. The Kier molecular flexibility index (Phi) is 5.81. The largest absolute Gasteiger partial charge is 0.391 e. The molecule has 0 bridgehead atoms. The van der Waals surface area contributed by atoms with Gasteiger partial charge in [0.2, 0.25) is 5.91 Å². The van der Waals surface area contributed by atoms with E-state index in [1.165, 1.54) is 0 Å². The lowest BCUT2D eigenvalue weighted by molar-refractivity contribution is -0.185. The topological polar surface area (TPSA) is 20.3 Å². The molecule has 0 aromatic heterocycles. The lowest BCUT2D eigenvalue weighted by Gasteiger charge is -2.39. The molecule has 1 heterocycles. The highest BCUT2D eigenvalue weighted by Crippen LogP contribution is 2.40. The van der Waals surface area contributed by atoms with Crippen molar-refractivity contribution >= 4 is 17.5 Å². The maximum absolute atomic E-state index is 12.7. The molecule has 1 atom stereocenters. The van der Waals surface area contributed by atoms with Crippen molar-refractivity contribution in [1.29, 1.82) is 0 Å². The molecular weight excluding hydrogens is 303 g/mol. The number of rotatable bonds is 3. The second-order valence-corrected chi connectivity index (χ2v) is 6.63. The van der Waals surface area contributed by atoms with Crippen molar-refractivity contribution in [3.8, 4) is 0 Å². The Labute approximate surface area is 129 Å². The lowest BCUT2D eigenvalue weighted by atomic mass is 9.80. The zero-order valence-corrected chi connectivity index (χ0v) is 12.9. The van der Waals surface area contributed by atoms with Crippen LogP contribution < -0.4 is 0 Å². The third-order valence-corrected chi connectivity index (χ3v) is 5.11. The molecule has 2 nitrogen and oxygen atoms in total. The maximum Gasteiger partial charge on any atom is 0.391 e. The average Bonchev–Trinajstić information content (AvgIpc) is 2.47. The summed E-state index contributed by atoms with van der Waals surface area (Å²) in [7, 11) is 0. The van der Waals surface area contributed by atoms with Crippen LogP contribution >= 0.6 is 11.6 Å². The van der Waals surface area contributed by atoms with Gasteiger partial charge in [-0.3, -0.25) is 4.79 Å². The van der Waals surface area contributed by atoms with Crippen molar-refractivity contribution in [1.82, 2.24) is 4.90 Å². The molecular formula is C15H23ClF3NO. The summed E-state index contributed by atoms with van der Waals surface area (Å²) in [5, 5.41) is 0. The minimum absolute atomic E-state index is 0.0606. The first kappa shape index (κ1) is 16.9. The summed E-state index contributed by atoms with van der Waals surface area (Å²) in [6, 6.07) is 0.184. The van der Waals surface area contributed by atoms with Gasteiger partial charge in [0.25, 0.3) is 0 Å². The predicted molar refractivity (Wildman–Crippen MR) is 76.2 cm³/mol. The molecule has 0 aromatic carbocycles. The van der Waals surface area contributed by atoms with Gasteiger partial charge in [-0.2, -0.15) is 13.2 Å². The highest BCUT2D eigenvalue weighted by molar-refractivity contribution is 6.17. The summed E-state index contributed by atoms with van der Waals surface area (Å²) in [4.78, 5) is 14.5. The molecule has 0 N–H and O–H groups in total. The zero-order valence-electron chi connectivity index (χ0n) is 12.2. The number of alkyl halides is 4. The highest BCUT2D eigenvalue weighted by atomic mass is 35.5. The zero-order chi connectivity index (χ0) is 15.5. The second kappa shape index (κ2) is 7.21. The van der Waals surface area contributed by atoms with Crippen molar-refractivity contribution in [2.24, 2.45) is 11.8 Å². The van der Waals surface area contributed by atoms with Gasteiger partial charge in [0.15, 0.2) is 0 Å². The van der Waals surface area contributed by atoms with E-state index < -0.39 is 12.1 Å². The van der Waals surface area contributed by atoms with Crippen molar-refractivity contribution < 1.29 is 18.0 Å². The van der Waals surface area contributed by atoms with Gasteiger partial charge in [-0.1, -0.05) is 0 Å². The van der Waals surface area contributed by atoms with Gasteiger partial charge in [-0.05, 0) is 51.4 Å². The van der Waals surface area contributed by atoms with Gasteiger partial charge < -0.3 is 4.90 Å². The van der Waals surface area contributed by atoms with Crippen LogP contribution in [-0.2, 0) is 4.79 Å². The van der Waals surface area contributed by atoms with Gasteiger partial charge in [-0.15, -0.1) is 11.6 Å². The molecule has 1 saturated carbocycles. The van der Waals surface area contributed by atoms with Crippen LogP contribution in [0.15, 0.2) is 0 Å². The smallest absolute Gasteiger partial charge is 0.339 e. The van der Waals surface area contributed by atoms with Gasteiger partial charge in [0, 0.05) is 24.4 Å². The number of carbonyl (C=O) groups is 1. The Morgan fingerprint density at radius 2 is 1.76 bits per heavy atom. The Morgan fingerprint density at radius 3 is 2.33 bits per heavy atom. The summed E-state index contributed by atoms with van der Waals surface area (Å²) >= 11 is 5.80. The number of carbonyl (C=O) groups excluding carboxylic acids is 1. The monoisotopic (exact) mass is 325 g/mol. The first-order valence-electron chi connectivity index (χ1n) is 7.86. The third kappa shape index (κ3) is 4.27. The van der Waals surface area contributed by atoms with Crippen LogP contribution in [0.2, 0.25) is 0 Å². The van der Waals surface area contributed by atoms with E-state index in [9.17, 15) is 18.0 Å². The lowest BCUT2D eigenvalue weighted by Crippen LogP contribution is -2.47. The highest BCUT2D eigenvalue weighted by Gasteiger charge is 2.43. The average molecular weight is 326 g/mol. The Bertz CT molecular complexity index is 351. The van der Waals surface area contributed by atoms with Crippen LogP contribution in [0.3, 0.4) is 0 Å². The first-order chi connectivity index (χ1) is 9.93. The number of halogens is 4. The van der Waals surface area contributed by atoms with E-state index in [1.54, 1.807) is 0 Å². The van der Waals surface area contributed by atoms with Crippen molar-refractivity contribution in [2.45, 2.75) is 63.6 Å². The van der Waals surface area contributed by atoms with E-state index in [1.807, 2.05) is 4.90 Å². The van der Waals surface area contributed by atoms with Crippen LogP contribution in [0.5, 0.6) is 0 Å². The minimum atomic E-state index is -4.11. The molecule has 21 heavy (non-hydrogen) atoms. The summed E-state index contributed by atoms with van der Waals surface area (Å²) in [6.45, 7) is 0.736. The summed E-state index contributed by atoms with van der Waals surface area (Å²) < 4.78 is 38.0. The van der Waals surface area contributed by atoms with E-state index in [2.05, 4.69) is 0 Å². The molecule has 0 radical (unpaired) electrons. The first-order valence-corrected chi connectivity index (χ1v) is 8.40. The number of likely N-dealkylation sites (tertiary alicyclic amines) is 1. The molecule has 122 valence electrons. The molecule has 6 heteroatoms. The van der Waals surface area contributed by atoms with Gasteiger partial charge in [0.05, 0.1) is 5.92 Å². The molecule has 2 aliphatic rings. The van der Waals surface area contributed by atoms with Crippen LogP contribution in [0.4, 0.5) is 13.2 Å². The van der Waals surface area contributed by atoms with Crippen molar-refractivity contribution in [2.75, 3.05) is 12.4 Å². The van der Waals surface area contributed by atoms with Crippen LogP contribution in [0, 0.1) is 11.8 Å². The van der Waals surface area contributed by atoms with E-state index in [0.29, 0.717) is 18.7 Å². The van der Waals surface area contributed by atoms with Crippen LogP contribution in [0.1, 0.15) is 51.4 Å². The van der Waals surface area contributed by atoms with E-state index in [0.717, 1.165) is 32.2 Å². The Balaban J connectivity index is 1.91. The number of amides is 1. The Hall–Kier alpha value is -0.450. The van der Waals surface area contributed by atoms with E-state index in [4.69, 9.17) is 11.6 Å². The fourth-order valence-electron chi connectivity index (χ4n) is 3.62. The molecule has 1 aliphatic heterocycles. The fraction of sp³-hybridized carbons (Fsp3) is 0.933. The quantitative estimate of drug-likeness (QED) is 0.706. The van der Waals surface area contributed by atoms with Crippen molar-refractivity contribution in [3.05, 3.63) is 0 Å². The fourth-order valence-corrected chi connectivity index (χ4v) is 3.87. The van der Waals surface area contributed by atoms with Crippen molar-refractivity contribution in [3.63, 3.8) is 0 Å². The summed E-state index contributed by atoms with van der Waals surface area (Å²) in [5.41, 5.74) is 0. The molecule has 1 amide bonds. The Morgan fingerprint density at radius 1 is 1.10 bits per heavy atom.